The van der Waals surface area contributed by atoms with Gasteiger partial charge in [0, 0.05) is 11.1 Å². The van der Waals surface area contributed by atoms with Crippen molar-refractivity contribution in [2.75, 3.05) is 13.2 Å². The maximum absolute atomic E-state index is 13.4. The molecule has 3 heterocycles. The van der Waals surface area contributed by atoms with E-state index in [0.717, 1.165) is 16.8 Å². The number of carbonyl (C=O) groups excluding carboxylic acids is 1. The zero-order chi connectivity index (χ0) is 21.0. The number of aromatic nitrogens is 1. The highest BCUT2D eigenvalue weighted by molar-refractivity contribution is 5.74. The number of pyridine rings is 1. The second-order valence-electron chi connectivity index (χ2n) is 9.01. The van der Waals surface area contributed by atoms with E-state index in [2.05, 4.69) is 5.32 Å². The van der Waals surface area contributed by atoms with Crippen LogP contribution in [0.4, 0.5) is 9.18 Å². The number of alkyl carbamates (subject to hydrolysis) is 1. The number of nitrogens with one attached hydrogen (secondary N) is 1. The maximum atomic E-state index is 13.4. The minimum Gasteiger partial charge on any atom is -0.488 e. The van der Waals surface area contributed by atoms with Crippen LogP contribution in [-0.2, 0) is 20.6 Å². The number of amides is 1. The Bertz CT molecular complexity index is 964. The molecule has 1 aromatic carbocycles. The molecule has 0 radical (unpaired) electrons. The minimum absolute atomic E-state index is 0.235. The molecule has 7 heteroatoms. The predicted octanol–water partition coefficient (Wildman–Crippen LogP) is 4.27. The van der Waals surface area contributed by atoms with Gasteiger partial charge in [-0.2, -0.15) is 0 Å². The van der Waals surface area contributed by atoms with E-state index in [-0.39, 0.29) is 12.4 Å². The Labute approximate surface area is 169 Å². The molecule has 0 saturated carbocycles. The molecule has 1 saturated heterocycles. The summed E-state index contributed by atoms with van der Waals surface area (Å²) >= 11 is 0. The van der Waals surface area contributed by atoms with Gasteiger partial charge in [-0.05, 0) is 65.0 Å². The second kappa shape index (κ2) is 6.42. The third kappa shape index (κ3) is 3.79. The quantitative estimate of drug-likeness (QED) is 0.779. The summed E-state index contributed by atoms with van der Waals surface area (Å²) in [5, 5.41) is 2.94. The van der Waals surface area contributed by atoms with Gasteiger partial charge in [-0.1, -0.05) is 0 Å². The number of halogens is 1. The van der Waals surface area contributed by atoms with Crippen molar-refractivity contribution in [1.82, 2.24) is 10.3 Å². The standard InChI is InChI=1S/C22H25FN2O4/c1-20(2,3)29-19(26)25-21(4)11-27-18-15(21)10-16(22(5)12-28-22)24-17(18)13-6-8-14(23)9-7-13/h6-10H,11-12H2,1-5H3,(H,25,26)/t21-,22-/m0/s1. The summed E-state index contributed by atoms with van der Waals surface area (Å²) in [6.45, 7) is 10.1. The Kier molecular flexibility index (Phi) is 4.35. The van der Waals surface area contributed by atoms with E-state index >= 15 is 0 Å². The van der Waals surface area contributed by atoms with Gasteiger partial charge < -0.3 is 19.5 Å². The molecule has 0 bridgehead atoms. The lowest BCUT2D eigenvalue weighted by atomic mass is 9.91. The average molecular weight is 400 g/mol. The van der Waals surface area contributed by atoms with E-state index in [1.807, 2.05) is 40.7 Å². The topological polar surface area (TPSA) is 73.0 Å². The van der Waals surface area contributed by atoms with Gasteiger partial charge in [0.05, 0.1) is 12.3 Å². The zero-order valence-electron chi connectivity index (χ0n) is 17.3. The van der Waals surface area contributed by atoms with E-state index in [1.54, 1.807) is 12.1 Å². The van der Waals surface area contributed by atoms with Gasteiger partial charge in [0.2, 0.25) is 0 Å². The van der Waals surface area contributed by atoms with Crippen LogP contribution in [0.1, 0.15) is 45.9 Å². The van der Waals surface area contributed by atoms with Crippen molar-refractivity contribution in [2.24, 2.45) is 0 Å². The largest absolute Gasteiger partial charge is 0.488 e. The Balaban J connectivity index is 1.77. The van der Waals surface area contributed by atoms with E-state index < -0.39 is 22.8 Å². The number of rotatable bonds is 3. The molecule has 0 spiro atoms. The number of fused-ring (bicyclic) bond motifs is 1. The first-order valence-corrected chi connectivity index (χ1v) is 9.59. The normalized spacial score (nSPS) is 25.2. The first-order valence-electron chi connectivity index (χ1n) is 9.59. The fourth-order valence-corrected chi connectivity index (χ4v) is 3.35. The molecule has 2 aliphatic heterocycles. The molecule has 2 aromatic rings. The predicted molar refractivity (Wildman–Crippen MR) is 105 cm³/mol. The smallest absolute Gasteiger partial charge is 0.408 e. The van der Waals surface area contributed by atoms with Crippen molar-refractivity contribution in [3.63, 3.8) is 0 Å². The summed E-state index contributed by atoms with van der Waals surface area (Å²) < 4.78 is 30.4. The summed E-state index contributed by atoms with van der Waals surface area (Å²) in [5.41, 5.74) is 0.997. The Hall–Kier alpha value is -2.67. The number of hydrogen-bond acceptors (Lipinski definition) is 5. The van der Waals surface area contributed by atoms with Gasteiger partial charge in [-0.3, -0.25) is 0 Å². The molecule has 6 nitrogen and oxygen atoms in total. The SMILES string of the molecule is CC(C)(C)OC(=O)N[C@@]1(C)COc2c1cc([C@]1(C)CO1)nc2-c1ccc(F)cc1. The number of benzene rings is 1. The number of hydrogen-bond donors (Lipinski definition) is 1. The molecule has 0 aliphatic carbocycles. The Morgan fingerprint density at radius 3 is 2.45 bits per heavy atom. The minimum atomic E-state index is -0.796. The molecule has 0 unspecified atom stereocenters. The van der Waals surface area contributed by atoms with Gasteiger partial charge in [0.1, 0.15) is 34.9 Å². The first kappa shape index (κ1) is 19.6. The molecular weight excluding hydrogens is 375 g/mol. The summed E-state index contributed by atoms with van der Waals surface area (Å²) in [4.78, 5) is 17.2. The number of carbonyl (C=O) groups is 1. The molecule has 2 aliphatic rings. The van der Waals surface area contributed by atoms with Crippen molar-refractivity contribution >= 4 is 6.09 Å². The van der Waals surface area contributed by atoms with E-state index in [0.29, 0.717) is 18.1 Å². The molecule has 1 fully saturated rings. The van der Waals surface area contributed by atoms with E-state index in [9.17, 15) is 9.18 Å². The van der Waals surface area contributed by atoms with Crippen LogP contribution in [0.25, 0.3) is 11.3 Å². The summed E-state index contributed by atoms with van der Waals surface area (Å²) in [6.07, 6.45) is -0.521. The number of ether oxygens (including phenoxy) is 3. The van der Waals surface area contributed by atoms with Crippen LogP contribution in [-0.4, -0.2) is 29.9 Å². The lowest BCUT2D eigenvalue weighted by Crippen LogP contribution is -2.47. The van der Waals surface area contributed by atoms with Crippen molar-refractivity contribution < 1.29 is 23.4 Å². The molecule has 154 valence electrons. The molecule has 1 aromatic heterocycles. The Morgan fingerprint density at radius 2 is 1.86 bits per heavy atom. The third-order valence-electron chi connectivity index (χ3n) is 5.09. The fraction of sp³-hybridized carbons (Fsp3) is 0.455. The second-order valence-corrected chi connectivity index (χ2v) is 9.01. The van der Waals surface area contributed by atoms with Gasteiger partial charge in [0.25, 0.3) is 0 Å². The molecule has 4 rings (SSSR count). The van der Waals surface area contributed by atoms with Crippen molar-refractivity contribution in [3.8, 4) is 17.0 Å². The van der Waals surface area contributed by atoms with Crippen LogP contribution in [0.3, 0.4) is 0 Å². The molecule has 2 atom stereocenters. The van der Waals surface area contributed by atoms with Crippen LogP contribution in [0.15, 0.2) is 30.3 Å². The molecule has 1 amide bonds. The van der Waals surface area contributed by atoms with E-state index in [4.69, 9.17) is 19.2 Å². The molecular formula is C22H25FN2O4. The highest BCUT2D eigenvalue weighted by atomic mass is 19.1. The zero-order valence-corrected chi connectivity index (χ0v) is 17.3. The first-order chi connectivity index (χ1) is 13.5. The van der Waals surface area contributed by atoms with Gasteiger partial charge in [-0.15, -0.1) is 0 Å². The highest BCUT2D eigenvalue weighted by Crippen LogP contribution is 2.47. The third-order valence-corrected chi connectivity index (χ3v) is 5.09. The van der Waals surface area contributed by atoms with E-state index in [1.165, 1.54) is 12.1 Å². The Morgan fingerprint density at radius 1 is 1.21 bits per heavy atom. The van der Waals surface area contributed by atoms with Crippen molar-refractivity contribution in [2.45, 2.75) is 51.4 Å². The lowest BCUT2D eigenvalue weighted by molar-refractivity contribution is 0.0447. The summed E-state index contributed by atoms with van der Waals surface area (Å²) in [6, 6.07) is 8.02. The van der Waals surface area contributed by atoms with Crippen molar-refractivity contribution in [1.29, 1.82) is 0 Å². The summed E-state index contributed by atoms with van der Waals surface area (Å²) in [5.74, 6) is 0.250. The van der Waals surface area contributed by atoms with Gasteiger partial charge >= 0.3 is 6.09 Å². The molecule has 1 N–H and O–H groups in total. The highest BCUT2D eigenvalue weighted by Gasteiger charge is 2.47. The lowest BCUT2D eigenvalue weighted by Gasteiger charge is -2.27. The maximum Gasteiger partial charge on any atom is 0.408 e. The van der Waals surface area contributed by atoms with Crippen LogP contribution in [0, 0.1) is 5.82 Å². The summed E-state index contributed by atoms with van der Waals surface area (Å²) in [7, 11) is 0. The van der Waals surface area contributed by atoms with Crippen LogP contribution in [0.5, 0.6) is 5.75 Å². The van der Waals surface area contributed by atoms with Crippen LogP contribution >= 0.6 is 0 Å². The van der Waals surface area contributed by atoms with Gasteiger partial charge in [-0.25, -0.2) is 14.2 Å². The van der Waals surface area contributed by atoms with Crippen LogP contribution < -0.4 is 10.1 Å². The van der Waals surface area contributed by atoms with Crippen molar-refractivity contribution in [3.05, 3.63) is 47.4 Å². The number of nitrogens with zero attached hydrogens (tertiary/aromatic N) is 1. The van der Waals surface area contributed by atoms with Gasteiger partial charge in [0.15, 0.2) is 5.75 Å². The number of epoxide rings is 1. The fourth-order valence-electron chi connectivity index (χ4n) is 3.35. The monoisotopic (exact) mass is 400 g/mol. The average Bonchev–Trinajstić information content (AvgIpc) is 3.28. The molecule has 29 heavy (non-hydrogen) atoms. The van der Waals surface area contributed by atoms with Crippen LogP contribution in [0.2, 0.25) is 0 Å².